The van der Waals surface area contributed by atoms with E-state index in [1.54, 1.807) is 24.3 Å². The second-order valence-electron chi connectivity index (χ2n) is 8.48. The van der Waals surface area contributed by atoms with Crippen LogP contribution in [0.2, 0.25) is 0 Å². The molecule has 0 bridgehead atoms. The summed E-state index contributed by atoms with van der Waals surface area (Å²) in [4.78, 5) is 13.6. The highest BCUT2D eigenvalue weighted by Crippen LogP contribution is 2.42. The second-order valence-corrected chi connectivity index (χ2v) is 10.3. The number of amides is 1. The Morgan fingerprint density at radius 3 is 2.48 bits per heavy atom. The Kier molecular flexibility index (Phi) is 7.57. The van der Waals surface area contributed by atoms with E-state index in [2.05, 4.69) is 19.2 Å². The standard InChI is InChI=1S/C25H34N2O5S/c1-6-22(27(33(5,29)30)18-12-11-13-19(16-18)31-4)24(28)26-21-17-25(7-2,8-3)32-23-15-10-9-14-20(21)23/h9-16,21-22H,6-8,17H2,1-5H3,(H,26,28). The van der Waals surface area contributed by atoms with Crippen molar-refractivity contribution in [2.45, 2.75) is 64.1 Å². The number of sulfonamides is 1. The first-order chi connectivity index (χ1) is 15.7. The van der Waals surface area contributed by atoms with Crippen molar-refractivity contribution in [3.05, 3.63) is 54.1 Å². The van der Waals surface area contributed by atoms with Gasteiger partial charge in [-0.2, -0.15) is 0 Å². The predicted octanol–water partition coefficient (Wildman–Crippen LogP) is 4.44. The fourth-order valence-corrected chi connectivity index (χ4v) is 5.71. The minimum atomic E-state index is -3.74. The van der Waals surface area contributed by atoms with Crippen molar-refractivity contribution in [2.24, 2.45) is 0 Å². The van der Waals surface area contributed by atoms with E-state index in [-0.39, 0.29) is 17.6 Å². The summed E-state index contributed by atoms with van der Waals surface area (Å²) in [5, 5.41) is 3.14. The molecule has 1 N–H and O–H groups in total. The molecule has 1 amide bonds. The zero-order valence-corrected chi connectivity index (χ0v) is 20.8. The Labute approximate surface area is 197 Å². The molecule has 1 aliphatic heterocycles. The number of nitrogens with one attached hydrogen (secondary N) is 1. The van der Waals surface area contributed by atoms with Gasteiger partial charge in [0.15, 0.2) is 0 Å². The van der Waals surface area contributed by atoms with E-state index in [1.807, 2.05) is 31.2 Å². The van der Waals surface area contributed by atoms with Crippen molar-refractivity contribution >= 4 is 21.6 Å². The summed E-state index contributed by atoms with van der Waals surface area (Å²) >= 11 is 0. The molecule has 0 spiro atoms. The molecule has 2 atom stereocenters. The van der Waals surface area contributed by atoms with Crippen LogP contribution < -0.4 is 19.1 Å². The lowest BCUT2D eigenvalue weighted by atomic mass is 9.83. The number of carbonyl (C=O) groups excluding carboxylic acids is 1. The van der Waals surface area contributed by atoms with E-state index < -0.39 is 16.1 Å². The maximum Gasteiger partial charge on any atom is 0.244 e. The van der Waals surface area contributed by atoms with Gasteiger partial charge in [0.25, 0.3) is 0 Å². The number of benzene rings is 2. The molecule has 7 nitrogen and oxygen atoms in total. The summed E-state index contributed by atoms with van der Waals surface area (Å²) in [6.07, 6.45) is 3.66. The van der Waals surface area contributed by atoms with Gasteiger partial charge < -0.3 is 14.8 Å². The Bertz CT molecular complexity index is 1080. The fraction of sp³-hybridized carbons (Fsp3) is 0.480. The van der Waals surface area contributed by atoms with E-state index in [0.29, 0.717) is 24.3 Å². The molecule has 180 valence electrons. The summed E-state index contributed by atoms with van der Waals surface area (Å²) in [6, 6.07) is 13.3. The number of fused-ring (bicyclic) bond motifs is 1. The van der Waals surface area contributed by atoms with Crippen LogP contribution in [0.5, 0.6) is 11.5 Å². The average Bonchev–Trinajstić information content (AvgIpc) is 2.81. The number of anilines is 1. The Morgan fingerprint density at radius 1 is 1.18 bits per heavy atom. The van der Waals surface area contributed by atoms with Gasteiger partial charge in [0.1, 0.15) is 23.1 Å². The maximum absolute atomic E-state index is 13.6. The van der Waals surface area contributed by atoms with E-state index in [1.165, 1.54) is 11.4 Å². The monoisotopic (exact) mass is 474 g/mol. The van der Waals surface area contributed by atoms with Crippen LogP contribution in [0, 0.1) is 0 Å². The van der Waals surface area contributed by atoms with Crippen LogP contribution in [-0.4, -0.2) is 39.3 Å². The van der Waals surface area contributed by atoms with Gasteiger partial charge in [0.05, 0.1) is 25.1 Å². The van der Waals surface area contributed by atoms with Crippen LogP contribution in [0.1, 0.15) is 58.1 Å². The maximum atomic E-state index is 13.6. The third-order valence-electron chi connectivity index (χ3n) is 6.44. The number of ether oxygens (including phenoxy) is 2. The number of hydrogen-bond acceptors (Lipinski definition) is 5. The molecule has 8 heteroatoms. The zero-order chi connectivity index (χ0) is 24.2. The van der Waals surface area contributed by atoms with Crippen molar-refractivity contribution in [1.82, 2.24) is 5.32 Å². The van der Waals surface area contributed by atoms with Gasteiger partial charge in [0.2, 0.25) is 15.9 Å². The van der Waals surface area contributed by atoms with Crippen molar-refractivity contribution in [3.63, 3.8) is 0 Å². The lowest BCUT2D eigenvalue weighted by molar-refractivity contribution is -0.123. The molecule has 1 heterocycles. The highest BCUT2D eigenvalue weighted by atomic mass is 32.2. The van der Waals surface area contributed by atoms with Crippen molar-refractivity contribution in [1.29, 1.82) is 0 Å². The van der Waals surface area contributed by atoms with Gasteiger partial charge >= 0.3 is 0 Å². The minimum absolute atomic E-state index is 0.275. The predicted molar refractivity (Wildman–Crippen MR) is 130 cm³/mol. The third-order valence-corrected chi connectivity index (χ3v) is 7.62. The third kappa shape index (κ3) is 5.27. The van der Waals surface area contributed by atoms with Gasteiger partial charge in [-0.25, -0.2) is 8.42 Å². The van der Waals surface area contributed by atoms with Crippen molar-refractivity contribution in [3.8, 4) is 11.5 Å². The molecule has 0 saturated carbocycles. The van der Waals surface area contributed by atoms with Gasteiger partial charge in [0, 0.05) is 18.1 Å². The highest BCUT2D eigenvalue weighted by Gasteiger charge is 2.40. The fourth-order valence-electron chi connectivity index (χ4n) is 4.51. The van der Waals surface area contributed by atoms with Gasteiger partial charge in [-0.1, -0.05) is 45.0 Å². The van der Waals surface area contributed by atoms with Crippen LogP contribution in [0.15, 0.2) is 48.5 Å². The smallest absolute Gasteiger partial charge is 0.244 e. The van der Waals surface area contributed by atoms with Crippen molar-refractivity contribution < 1.29 is 22.7 Å². The van der Waals surface area contributed by atoms with E-state index in [4.69, 9.17) is 9.47 Å². The average molecular weight is 475 g/mol. The number of para-hydroxylation sites is 1. The molecule has 0 aromatic heterocycles. The largest absolute Gasteiger partial charge is 0.497 e. The van der Waals surface area contributed by atoms with E-state index >= 15 is 0 Å². The molecule has 2 aromatic rings. The Hall–Kier alpha value is -2.74. The van der Waals surface area contributed by atoms with Crippen LogP contribution in [0.3, 0.4) is 0 Å². The number of rotatable bonds is 9. The minimum Gasteiger partial charge on any atom is -0.497 e. The molecule has 0 saturated heterocycles. The van der Waals surface area contributed by atoms with Crippen molar-refractivity contribution in [2.75, 3.05) is 17.7 Å². The quantitative estimate of drug-likeness (QED) is 0.581. The van der Waals surface area contributed by atoms with Crippen LogP contribution in [0.4, 0.5) is 5.69 Å². The van der Waals surface area contributed by atoms with Crippen LogP contribution in [0.25, 0.3) is 0 Å². The SMILES string of the molecule is CCC(C(=O)NC1CC(CC)(CC)Oc2ccccc21)N(c1cccc(OC)c1)S(C)(=O)=O. The number of methoxy groups -OCH3 is 1. The Morgan fingerprint density at radius 2 is 1.88 bits per heavy atom. The summed E-state index contributed by atoms with van der Waals surface area (Å²) in [7, 11) is -2.22. The topological polar surface area (TPSA) is 84.9 Å². The second kappa shape index (κ2) is 10.0. The summed E-state index contributed by atoms with van der Waals surface area (Å²) in [6.45, 7) is 5.97. The normalized spacial score (nSPS) is 17.9. The number of carbonyl (C=O) groups is 1. The first-order valence-corrected chi connectivity index (χ1v) is 13.2. The molecule has 0 fully saturated rings. The zero-order valence-electron chi connectivity index (χ0n) is 20.0. The summed E-state index contributed by atoms with van der Waals surface area (Å²) in [5.74, 6) is 0.942. The van der Waals surface area contributed by atoms with Crippen LogP contribution in [-0.2, 0) is 14.8 Å². The molecule has 2 aromatic carbocycles. The lowest BCUT2D eigenvalue weighted by Crippen LogP contribution is -2.52. The molecular formula is C25H34N2O5S. The van der Waals surface area contributed by atoms with Crippen LogP contribution >= 0.6 is 0 Å². The molecule has 3 rings (SSSR count). The Balaban J connectivity index is 1.96. The lowest BCUT2D eigenvalue weighted by Gasteiger charge is -2.42. The highest BCUT2D eigenvalue weighted by molar-refractivity contribution is 7.92. The molecular weight excluding hydrogens is 440 g/mol. The number of hydrogen-bond donors (Lipinski definition) is 1. The molecule has 0 aliphatic carbocycles. The van der Waals surface area contributed by atoms with Gasteiger partial charge in [-0.3, -0.25) is 9.10 Å². The van der Waals surface area contributed by atoms with E-state index in [0.717, 1.165) is 30.4 Å². The first-order valence-electron chi connectivity index (χ1n) is 11.4. The summed E-state index contributed by atoms with van der Waals surface area (Å²) < 4.78 is 38.4. The molecule has 0 radical (unpaired) electrons. The molecule has 2 unspecified atom stereocenters. The number of nitrogens with zero attached hydrogens (tertiary/aromatic N) is 1. The van der Waals surface area contributed by atoms with E-state index in [9.17, 15) is 13.2 Å². The van der Waals surface area contributed by atoms with Gasteiger partial charge in [-0.15, -0.1) is 0 Å². The van der Waals surface area contributed by atoms with Gasteiger partial charge in [-0.05, 0) is 37.5 Å². The molecule has 33 heavy (non-hydrogen) atoms. The summed E-state index contributed by atoms with van der Waals surface area (Å²) in [5.41, 5.74) is 0.922. The molecule has 1 aliphatic rings. The first kappa shape index (κ1) is 24.9.